The van der Waals surface area contributed by atoms with Crippen LogP contribution in [0.1, 0.15) is 32.3 Å². The fraction of sp³-hybridized carbons (Fsp3) is 0.533. The Kier molecular flexibility index (Phi) is 5.14. The van der Waals surface area contributed by atoms with Crippen LogP contribution in [-0.4, -0.2) is 26.0 Å². The van der Waals surface area contributed by atoms with Crippen molar-refractivity contribution in [1.82, 2.24) is 9.71 Å². The van der Waals surface area contributed by atoms with E-state index in [1.165, 1.54) is 11.7 Å². The zero-order valence-corrected chi connectivity index (χ0v) is 14.6. The molecule has 0 spiro atoms. The van der Waals surface area contributed by atoms with Crippen LogP contribution in [-0.2, 0) is 10.0 Å². The summed E-state index contributed by atoms with van der Waals surface area (Å²) in [7, 11) is -3.53. The van der Waals surface area contributed by atoms with E-state index in [2.05, 4.69) is 28.9 Å². The Morgan fingerprint density at radius 1 is 1.55 bits per heavy atom. The third-order valence-corrected chi connectivity index (χ3v) is 6.08. The number of hydrogen-bond donors (Lipinski definition) is 2. The van der Waals surface area contributed by atoms with Gasteiger partial charge >= 0.3 is 0 Å². The van der Waals surface area contributed by atoms with Crippen molar-refractivity contribution in [2.45, 2.75) is 44.6 Å². The molecule has 7 heteroatoms. The second-order valence-electron chi connectivity index (χ2n) is 5.96. The summed E-state index contributed by atoms with van der Waals surface area (Å²) in [5.74, 6) is 0.621. The minimum Gasteiger partial charge on any atom is -0.367 e. The topological polar surface area (TPSA) is 71.1 Å². The number of nitrogens with one attached hydrogen (secondary N) is 2. The van der Waals surface area contributed by atoms with Gasteiger partial charge in [-0.15, -0.1) is 0 Å². The van der Waals surface area contributed by atoms with Crippen LogP contribution in [0.2, 0.25) is 0 Å². The first-order valence-electron chi connectivity index (χ1n) is 7.30. The van der Waals surface area contributed by atoms with Crippen LogP contribution >= 0.6 is 11.6 Å². The van der Waals surface area contributed by atoms with Crippen molar-refractivity contribution in [2.24, 2.45) is 5.41 Å². The molecule has 0 bridgehead atoms. The van der Waals surface area contributed by atoms with Crippen LogP contribution < -0.4 is 10.0 Å². The van der Waals surface area contributed by atoms with Crippen molar-refractivity contribution in [3.63, 3.8) is 0 Å². The van der Waals surface area contributed by atoms with E-state index in [1.54, 1.807) is 19.1 Å². The van der Waals surface area contributed by atoms with E-state index < -0.39 is 10.0 Å². The van der Waals surface area contributed by atoms with Crippen molar-refractivity contribution in [2.75, 3.05) is 11.9 Å². The molecule has 0 amide bonds. The van der Waals surface area contributed by atoms with Crippen LogP contribution in [0.3, 0.4) is 0 Å². The first-order valence-corrected chi connectivity index (χ1v) is 9.22. The third-order valence-electron chi connectivity index (χ3n) is 4.30. The second-order valence-corrected chi connectivity index (χ2v) is 7.90. The smallest absolute Gasteiger partial charge is 0.242 e. The maximum Gasteiger partial charge on any atom is 0.242 e. The number of aryl methyl sites for hydroxylation is 1. The van der Waals surface area contributed by atoms with Crippen LogP contribution in [0.25, 0.3) is 0 Å². The highest BCUT2D eigenvalue weighted by Crippen LogP contribution is 2.48. The molecule has 1 fully saturated rings. The number of aromatic nitrogens is 1. The summed E-state index contributed by atoms with van der Waals surface area (Å²) in [6.07, 6.45) is 4.99. The van der Waals surface area contributed by atoms with E-state index in [0.717, 1.165) is 12.8 Å². The SMILES string of the molecule is CCC1(C)CC1NS(=O)(=O)c1cnc(NC/C=C/Cl)cc1C. The molecule has 1 saturated carbocycles. The summed E-state index contributed by atoms with van der Waals surface area (Å²) < 4.78 is 27.7. The van der Waals surface area contributed by atoms with Crippen molar-refractivity contribution in [3.05, 3.63) is 29.4 Å². The molecular formula is C15H22ClN3O2S. The number of halogens is 1. The Hall–Kier alpha value is -1.11. The lowest BCUT2D eigenvalue weighted by Crippen LogP contribution is -2.29. The van der Waals surface area contributed by atoms with Crippen molar-refractivity contribution < 1.29 is 8.42 Å². The predicted molar refractivity (Wildman–Crippen MR) is 89.6 cm³/mol. The molecular weight excluding hydrogens is 322 g/mol. The molecule has 22 heavy (non-hydrogen) atoms. The molecule has 0 aromatic carbocycles. The normalized spacial score (nSPS) is 24.6. The van der Waals surface area contributed by atoms with Gasteiger partial charge in [0.15, 0.2) is 0 Å². The molecule has 0 radical (unpaired) electrons. The first-order chi connectivity index (χ1) is 10.3. The Bertz CT molecular complexity index is 675. The lowest BCUT2D eigenvalue weighted by molar-refractivity contribution is 0.504. The van der Waals surface area contributed by atoms with Crippen LogP contribution in [0.4, 0.5) is 5.82 Å². The molecule has 1 aliphatic carbocycles. The fourth-order valence-corrected chi connectivity index (χ4v) is 4.00. The van der Waals surface area contributed by atoms with Crippen LogP contribution in [0.15, 0.2) is 28.8 Å². The molecule has 2 N–H and O–H groups in total. The minimum atomic E-state index is -3.53. The summed E-state index contributed by atoms with van der Waals surface area (Å²) in [5, 5.41) is 3.04. The molecule has 1 aromatic heterocycles. The third kappa shape index (κ3) is 3.80. The van der Waals surface area contributed by atoms with Gasteiger partial charge in [0.25, 0.3) is 0 Å². The Morgan fingerprint density at radius 2 is 2.27 bits per heavy atom. The lowest BCUT2D eigenvalue weighted by atomic mass is 10.1. The summed E-state index contributed by atoms with van der Waals surface area (Å²) >= 11 is 5.44. The van der Waals surface area contributed by atoms with Crippen molar-refractivity contribution in [3.8, 4) is 0 Å². The zero-order chi connectivity index (χ0) is 16.4. The quantitative estimate of drug-likeness (QED) is 0.798. The molecule has 122 valence electrons. The highest BCUT2D eigenvalue weighted by atomic mass is 35.5. The molecule has 1 aromatic rings. The Labute approximate surface area is 137 Å². The number of hydrogen-bond acceptors (Lipinski definition) is 4. The average molecular weight is 344 g/mol. The number of anilines is 1. The molecule has 1 aliphatic rings. The van der Waals surface area contributed by atoms with Gasteiger partial charge in [0.2, 0.25) is 10.0 Å². The maximum atomic E-state index is 12.5. The Morgan fingerprint density at radius 3 is 2.82 bits per heavy atom. The first kappa shape index (κ1) is 17.2. The predicted octanol–water partition coefficient (Wildman–Crippen LogP) is 3.02. The van der Waals surface area contributed by atoms with Crippen LogP contribution in [0.5, 0.6) is 0 Å². The van der Waals surface area contributed by atoms with E-state index in [4.69, 9.17) is 11.6 Å². The highest BCUT2D eigenvalue weighted by Gasteiger charge is 2.50. The lowest BCUT2D eigenvalue weighted by Gasteiger charge is -2.12. The average Bonchev–Trinajstić information content (AvgIpc) is 3.09. The molecule has 2 rings (SSSR count). The molecule has 1 heterocycles. The summed E-state index contributed by atoms with van der Waals surface area (Å²) in [6, 6.07) is 1.75. The van der Waals surface area contributed by atoms with Gasteiger partial charge in [-0.2, -0.15) is 0 Å². The van der Waals surface area contributed by atoms with Gasteiger partial charge in [-0.25, -0.2) is 18.1 Å². The summed E-state index contributed by atoms with van der Waals surface area (Å²) in [4.78, 5) is 4.39. The second kappa shape index (κ2) is 6.56. The van der Waals surface area contributed by atoms with E-state index >= 15 is 0 Å². The van der Waals surface area contributed by atoms with Crippen molar-refractivity contribution >= 4 is 27.4 Å². The fourth-order valence-electron chi connectivity index (χ4n) is 2.36. The van der Waals surface area contributed by atoms with Gasteiger partial charge in [-0.05, 0) is 36.8 Å². The largest absolute Gasteiger partial charge is 0.367 e. The van der Waals surface area contributed by atoms with E-state index in [0.29, 0.717) is 17.9 Å². The maximum absolute atomic E-state index is 12.5. The number of sulfonamides is 1. The highest BCUT2D eigenvalue weighted by molar-refractivity contribution is 7.89. The molecule has 0 aliphatic heterocycles. The van der Waals surface area contributed by atoms with E-state index in [-0.39, 0.29) is 16.4 Å². The van der Waals surface area contributed by atoms with Gasteiger partial charge in [-0.3, -0.25) is 0 Å². The number of rotatable bonds is 7. The van der Waals surface area contributed by atoms with E-state index in [1.807, 2.05) is 0 Å². The van der Waals surface area contributed by atoms with Crippen LogP contribution in [0, 0.1) is 12.3 Å². The molecule has 0 saturated heterocycles. The van der Waals surface area contributed by atoms with Gasteiger partial charge < -0.3 is 5.32 Å². The summed E-state index contributed by atoms with van der Waals surface area (Å²) in [5.41, 5.74) is 2.17. The van der Waals surface area contributed by atoms with E-state index in [9.17, 15) is 8.42 Å². The minimum absolute atomic E-state index is 0.0218. The van der Waals surface area contributed by atoms with Crippen molar-refractivity contribution in [1.29, 1.82) is 0 Å². The monoisotopic (exact) mass is 343 g/mol. The molecule has 2 unspecified atom stereocenters. The Balaban J connectivity index is 2.11. The standard InChI is InChI=1S/C15H22ClN3O2S/c1-4-15(3)9-13(15)19-22(20,21)12-10-18-14(8-11(12)2)17-7-5-6-16/h5-6,8,10,13,19H,4,7,9H2,1-3H3,(H,17,18)/b6-5+. The summed E-state index contributed by atoms with van der Waals surface area (Å²) in [6.45, 7) is 6.49. The van der Waals surface area contributed by atoms with Gasteiger partial charge in [0.1, 0.15) is 10.7 Å². The number of pyridine rings is 1. The van der Waals surface area contributed by atoms with Gasteiger partial charge in [-0.1, -0.05) is 31.5 Å². The number of nitrogens with zero attached hydrogens (tertiary/aromatic N) is 1. The molecule has 2 atom stereocenters. The van der Waals surface area contributed by atoms with Gasteiger partial charge in [0.05, 0.1) is 0 Å². The molecule has 5 nitrogen and oxygen atoms in total. The zero-order valence-electron chi connectivity index (χ0n) is 13.1. The van der Waals surface area contributed by atoms with Gasteiger partial charge in [0, 0.05) is 24.3 Å².